The van der Waals surface area contributed by atoms with Crippen molar-refractivity contribution in [2.24, 2.45) is 0 Å². The molecule has 1 aliphatic rings. The van der Waals surface area contributed by atoms with Gasteiger partial charge in [0.05, 0.1) is 25.2 Å². The second kappa shape index (κ2) is 9.25. The third-order valence-corrected chi connectivity index (χ3v) is 6.38. The van der Waals surface area contributed by atoms with E-state index in [1.807, 2.05) is 0 Å². The fourth-order valence-electron chi connectivity index (χ4n) is 2.90. The molecule has 0 bridgehead atoms. The van der Waals surface area contributed by atoms with Crippen LogP contribution in [-0.4, -0.2) is 58.7 Å². The minimum Gasteiger partial charge on any atom is -0.497 e. The van der Waals surface area contributed by atoms with Gasteiger partial charge in [0.25, 0.3) is 5.91 Å². The number of nitrogens with one attached hydrogen (secondary N) is 1. The first-order chi connectivity index (χ1) is 13.9. The molecule has 2 aromatic rings. The standard InChI is InChI=1S/C20H24N2O6S/c1-15-13-18(29(24,25)22-9-11-27-12-10-22)7-8-19(15)28-14-20(23)21-16-3-5-17(26-2)6-4-16/h3-8,13H,9-12,14H2,1-2H3,(H,21,23). The maximum absolute atomic E-state index is 12.7. The summed E-state index contributed by atoms with van der Waals surface area (Å²) in [6.45, 7) is 3.01. The molecule has 1 amide bonds. The predicted octanol–water partition coefficient (Wildman–Crippen LogP) is 2.04. The summed E-state index contributed by atoms with van der Waals surface area (Å²) in [7, 11) is -2.00. The lowest BCUT2D eigenvalue weighted by Gasteiger charge is -2.26. The number of sulfonamides is 1. The first-order valence-electron chi connectivity index (χ1n) is 9.15. The van der Waals surface area contributed by atoms with Crippen LogP contribution >= 0.6 is 0 Å². The molecule has 2 aromatic carbocycles. The maximum Gasteiger partial charge on any atom is 0.262 e. The van der Waals surface area contributed by atoms with E-state index >= 15 is 0 Å². The van der Waals surface area contributed by atoms with E-state index in [2.05, 4.69) is 5.32 Å². The number of anilines is 1. The van der Waals surface area contributed by atoms with Gasteiger partial charge in [0.15, 0.2) is 6.61 Å². The largest absolute Gasteiger partial charge is 0.497 e. The van der Waals surface area contributed by atoms with Crippen LogP contribution < -0.4 is 14.8 Å². The van der Waals surface area contributed by atoms with Gasteiger partial charge in [-0.1, -0.05) is 0 Å². The lowest BCUT2D eigenvalue weighted by molar-refractivity contribution is -0.118. The first-order valence-corrected chi connectivity index (χ1v) is 10.6. The Morgan fingerprint density at radius 1 is 1.14 bits per heavy atom. The first kappa shape index (κ1) is 21.1. The van der Waals surface area contributed by atoms with Crippen LogP contribution in [0.1, 0.15) is 5.56 Å². The van der Waals surface area contributed by atoms with E-state index in [9.17, 15) is 13.2 Å². The number of methoxy groups -OCH3 is 1. The van der Waals surface area contributed by atoms with Gasteiger partial charge in [0, 0.05) is 18.8 Å². The minimum absolute atomic E-state index is 0.192. The highest BCUT2D eigenvalue weighted by Gasteiger charge is 2.26. The van der Waals surface area contributed by atoms with Gasteiger partial charge < -0.3 is 19.5 Å². The smallest absolute Gasteiger partial charge is 0.262 e. The molecule has 29 heavy (non-hydrogen) atoms. The van der Waals surface area contributed by atoms with Crippen LogP contribution in [0.2, 0.25) is 0 Å². The molecule has 1 aliphatic heterocycles. The van der Waals surface area contributed by atoms with Crippen molar-refractivity contribution in [2.45, 2.75) is 11.8 Å². The summed E-state index contributed by atoms with van der Waals surface area (Å²) in [5.41, 5.74) is 1.26. The number of nitrogens with zero attached hydrogens (tertiary/aromatic N) is 1. The molecule has 3 rings (SSSR count). The van der Waals surface area contributed by atoms with Gasteiger partial charge in [0.1, 0.15) is 11.5 Å². The topological polar surface area (TPSA) is 94.2 Å². The third kappa shape index (κ3) is 5.26. The lowest BCUT2D eigenvalue weighted by Crippen LogP contribution is -2.40. The van der Waals surface area contributed by atoms with E-state index in [1.54, 1.807) is 50.4 Å². The molecule has 0 unspecified atom stereocenters. The molecule has 0 aromatic heterocycles. The van der Waals surface area contributed by atoms with Crippen LogP contribution in [0.15, 0.2) is 47.4 Å². The molecule has 0 radical (unpaired) electrons. The second-order valence-corrected chi connectivity index (χ2v) is 8.45. The summed E-state index contributed by atoms with van der Waals surface area (Å²) in [6.07, 6.45) is 0. The summed E-state index contributed by atoms with van der Waals surface area (Å²) in [5, 5.41) is 2.73. The number of ether oxygens (including phenoxy) is 3. The molecule has 1 heterocycles. The average Bonchev–Trinajstić information content (AvgIpc) is 2.74. The van der Waals surface area contributed by atoms with Crippen LogP contribution in [-0.2, 0) is 19.6 Å². The maximum atomic E-state index is 12.7. The highest BCUT2D eigenvalue weighted by atomic mass is 32.2. The number of hydrogen-bond donors (Lipinski definition) is 1. The quantitative estimate of drug-likeness (QED) is 0.737. The van der Waals surface area contributed by atoms with Crippen molar-refractivity contribution < 1.29 is 27.4 Å². The van der Waals surface area contributed by atoms with Gasteiger partial charge in [-0.15, -0.1) is 0 Å². The second-order valence-electron chi connectivity index (χ2n) is 6.51. The molecule has 9 heteroatoms. The molecule has 156 valence electrons. The molecule has 1 saturated heterocycles. The zero-order chi connectivity index (χ0) is 20.9. The van der Waals surface area contributed by atoms with Gasteiger partial charge in [-0.25, -0.2) is 8.42 Å². The number of carbonyl (C=O) groups excluding carboxylic acids is 1. The van der Waals surface area contributed by atoms with Crippen LogP contribution in [0.25, 0.3) is 0 Å². The van der Waals surface area contributed by atoms with Crippen molar-refractivity contribution in [2.75, 3.05) is 45.3 Å². The normalized spacial score (nSPS) is 15.0. The van der Waals surface area contributed by atoms with Gasteiger partial charge in [-0.3, -0.25) is 4.79 Å². The van der Waals surface area contributed by atoms with Crippen molar-refractivity contribution in [1.29, 1.82) is 0 Å². The Labute approximate surface area is 170 Å². The van der Waals surface area contributed by atoms with Crippen LogP contribution in [0.5, 0.6) is 11.5 Å². The Bertz CT molecular complexity index is 953. The van der Waals surface area contributed by atoms with Crippen molar-refractivity contribution in [3.05, 3.63) is 48.0 Å². The molecule has 1 N–H and O–H groups in total. The molecule has 0 aliphatic carbocycles. The molecule has 0 spiro atoms. The molecule has 8 nitrogen and oxygen atoms in total. The average molecular weight is 420 g/mol. The Morgan fingerprint density at radius 2 is 1.83 bits per heavy atom. The number of amides is 1. The summed E-state index contributed by atoms with van der Waals surface area (Å²) in [6, 6.07) is 11.6. The lowest BCUT2D eigenvalue weighted by atomic mass is 10.2. The minimum atomic E-state index is -3.57. The zero-order valence-corrected chi connectivity index (χ0v) is 17.2. The number of aryl methyl sites for hydroxylation is 1. The van der Waals surface area contributed by atoms with E-state index in [1.165, 1.54) is 10.4 Å². The molecule has 0 atom stereocenters. The number of rotatable bonds is 7. The van der Waals surface area contributed by atoms with Crippen LogP contribution in [0, 0.1) is 6.92 Å². The predicted molar refractivity (Wildman–Crippen MR) is 108 cm³/mol. The number of benzene rings is 2. The summed E-state index contributed by atoms with van der Waals surface area (Å²) >= 11 is 0. The Hall–Kier alpha value is -2.62. The van der Waals surface area contributed by atoms with Gasteiger partial charge in [-0.2, -0.15) is 4.31 Å². The van der Waals surface area contributed by atoms with Crippen molar-refractivity contribution in [3.8, 4) is 11.5 Å². The fraction of sp³-hybridized carbons (Fsp3) is 0.350. The SMILES string of the molecule is COc1ccc(NC(=O)COc2ccc(S(=O)(=O)N3CCOCC3)cc2C)cc1. The Morgan fingerprint density at radius 3 is 2.45 bits per heavy atom. The third-order valence-electron chi connectivity index (χ3n) is 4.49. The van der Waals surface area contributed by atoms with Crippen molar-refractivity contribution in [1.82, 2.24) is 4.31 Å². The Kier molecular flexibility index (Phi) is 6.73. The van der Waals surface area contributed by atoms with E-state index < -0.39 is 10.0 Å². The van der Waals surface area contributed by atoms with Gasteiger partial charge in [0.2, 0.25) is 10.0 Å². The summed E-state index contributed by atoms with van der Waals surface area (Å²) in [5.74, 6) is 0.831. The van der Waals surface area contributed by atoms with Crippen molar-refractivity contribution in [3.63, 3.8) is 0 Å². The molecular weight excluding hydrogens is 396 g/mol. The number of hydrogen-bond acceptors (Lipinski definition) is 6. The van der Waals surface area contributed by atoms with Crippen molar-refractivity contribution >= 4 is 21.6 Å². The highest BCUT2D eigenvalue weighted by Crippen LogP contribution is 2.24. The molecule has 0 saturated carbocycles. The zero-order valence-electron chi connectivity index (χ0n) is 16.4. The molecule has 1 fully saturated rings. The van der Waals surface area contributed by atoms with E-state index in [0.717, 1.165) is 0 Å². The number of carbonyl (C=O) groups is 1. The van der Waals surface area contributed by atoms with E-state index in [4.69, 9.17) is 14.2 Å². The highest BCUT2D eigenvalue weighted by molar-refractivity contribution is 7.89. The van der Waals surface area contributed by atoms with Crippen LogP contribution in [0.3, 0.4) is 0 Å². The summed E-state index contributed by atoms with van der Waals surface area (Å²) < 4.78 is 42.7. The Balaban J connectivity index is 1.60. The van der Waals surface area contributed by atoms with Crippen LogP contribution in [0.4, 0.5) is 5.69 Å². The van der Waals surface area contributed by atoms with E-state index in [0.29, 0.717) is 49.1 Å². The monoisotopic (exact) mass is 420 g/mol. The fourth-order valence-corrected chi connectivity index (χ4v) is 4.39. The molecular formula is C20H24N2O6S. The number of morpholine rings is 1. The summed E-state index contributed by atoms with van der Waals surface area (Å²) in [4.78, 5) is 12.3. The van der Waals surface area contributed by atoms with Gasteiger partial charge >= 0.3 is 0 Å². The van der Waals surface area contributed by atoms with E-state index in [-0.39, 0.29) is 17.4 Å². The van der Waals surface area contributed by atoms with Gasteiger partial charge in [-0.05, 0) is 55.0 Å².